The van der Waals surface area contributed by atoms with Crippen LogP contribution >= 0.6 is 0 Å². The topological polar surface area (TPSA) is 106 Å². The van der Waals surface area contributed by atoms with E-state index in [0.717, 1.165) is 19.4 Å². The summed E-state index contributed by atoms with van der Waals surface area (Å²) in [5.74, 6) is -2.35. The molecule has 9 heteroatoms. The Bertz CT molecular complexity index is 534. The van der Waals surface area contributed by atoms with E-state index in [1.807, 2.05) is 4.72 Å². The molecular weight excluding hydrogens is 267 g/mol. The summed E-state index contributed by atoms with van der Waals surface area (Å²) in [6.07, 6.45) is -0.241. The van der Waals surface area contributed by atoms with Gasteiger partial charge in [0.05, 0.1) is 0 Å². The van der Waals surface area contributed by atoms with Crippen molar-refractivity contribution < 1.29 is 27.4 Å². The minimum atomic E-state index is -4.21. The number of hydrogen-bond acceptors (Lipinski definition) is 5. The van der Waals surface area contributed by atoms with Crippen LogP contribution in [0.1, 0.15) is 0 Å². The highest BCUT2D eigenvalue weighted by Gasteiger charge is 2.24. The molecule has 0 aliphatic rings. The quantitative estimate of drug-likeness (QED) is 0.733. The Hall–Kier alpha value is -1.58. The van der Waals surface area contributed by atoms with E-state index in [9.17, 15) is 17.6 Å². The summed E-state index contributed by atoms with van der Waals surface area (Å²) in [6, 6.07) is 2.18. The lowest BCUT2D eigenvalue weighted by molar-refractivity contribution is -0.147. The number of carbonyl (C=O) groups is 1. The minimum absolute atomic E-state index is 0.524. The normalized spacial score (nSPS) is 13.2. The first-order chi connectivity index (χ1) is 8.38. The first-order valence-corrected chi connectivity index (χ1v) is 6.22. The predicted octanol–water partition coefficient (Wildman–Crippen LogP) is -0.401. The van der Waals surface area contributed by atoms with E-state index in [2.05, 4.69) is 9.72 Å². The molecule has 1 aromatic rings. The highest BCUT2D eigenvalue weighted by Crippen LogP contribution is 2.09. The number of nitrogens with zero attached hydrogens (tertiary/aromatic N) is 1. The largest absolute Gasteiger partial charge is 0.479 e. The highest BCUT2D eigenvalue weighted by atomic mass is 32.2. The molecule has 0 amide bonds. The summed E-state index contributed by atoms with van der Waals surface area (Å²) in [4.78, 5) is 14.0. The maximum Gasteiger partial charge on any atom is 0.334 e. The maximum absolute atomic E-state index is 13.2. The Labute approximate surface area is 103 Å². The molecule has 0 aliphatic carbocycles. The zero-order chi connectivity index (χ0) is 13.8. The van der Waals surface area contributed by atoms with Crippen LogP contribution in [0, 0.1) is 5.82 Å². The van der Waals surface area contributed by atoms with Crippen molar-refractivity contribution in [2.45, 2.75) is 11.1 Å². The lowest BCUT2D eigenvalue weighted by atomic mass is 10.4. The molecule has 0 radical (unpaired) electrons. The SMILES string of the molecule is COC(CNS(=O)(=O)c1ncccc1F)C(=O)O. The van der Waals surface area contributed by atoms with Crippen LogP contribution in [-0.2, 0) is 19.6 Å². The summed E-state index contributed by atoms with van der Waals surface area (Å²) >= 11 is 0. The molecule has 0 spiro atoms. The average molecular weight is 278 g/mol. The number of ether oxygens (including phenoxy) is 1. The second-order valence-corrected chi connectivity index (χ2v) is 4.89. The second-order valence-electron chi connectivity index (χ2n) is 3.20. The van der Waals surface area contributed by atoms with Gasteiger partial charge in [-0.1, -0.05) is 0 Å². The van der Waals surface area contributed by atoms with E-state index in [4.69, 9.17) is 5.11 Å². The molecule has 0 fully saturated rings. The van der Waals surface area contributed by atoms with Gasteiger partial charge in [-0.05, 0) is 12.1 Å². The Morgan fingerprint density at radius 1 is 1.67 bits per heavy atom. The third kappa shape index (κ3) is 3.45. The van der Waals surface area contributed by atoms with Gasteiger partial charge >= 0.3 is 5.97 Å². The monoisotopic (exact) mass is 278 g/mol. The van der Waals surface area contributed by atoms with Gasteiger partial charge in [-0.15, -0.1) is 0 Å². The number of sulfonamides is 1. The maximum atomic E-state index is 13.2. The Morgan fingerprint density at radius 3 is 2.83 bits per heavy atom. The van der Waals surface area contributed by atoms with Crippen molar-refractivity contribution >= 4 is 16.0 Å². The zero-order valence-corrected chi connectivity index (χ0v) is 10.1. The van der Waals surface area contributed by atoms with Gasteiger partial charge in [0, 0.05) is 19.9 Å². The number of halogens is 1. The third-order valence-electron chi connectivity index (χ3n) is 2.00. The van der Waals surface area contributed by atoms with E-state index in [1.165, 1.54) is 6.07 Å². The number of aromatic nitrogens is 1. The highest BCUT2D eigenvalue weighted by molar-refractivity contribution is 7.89. The molecule has 1 aromatic heterocycles. The van der Waals surface area contributed by atoms with Crippen molar-refractivity contribution in [3.63, 3.8) is 0 Å². The third-order valence-corrected chi connectivity index (χ3v) is 3.35. The van der Waals surface area contributed by atoms with Crippen LogP contribution < -0.4 is 4.72 Å². The van der Waals surface area contributed by atoms with Gasteiger partial charge in [0.15, 0.2) is 11.9 Å². The lowest BCUT2D eigenvalue weighted by Crippen LogP contribution is -2.38. The van der Waals surface area contributed by atoms with Crippen LogP contribution in [0.3, 0.4) is 0 Å². The number of rotatable bonds is 6. The van der Waals surface area contributed by atoms with Crippen molar-refractivity contribution in [2.75, 3.05) is 13.7 Å². The Kier molecular flexibility index (Phi) is 4.70. The molecule has 0 aromatic carbocycles. The summed E-state index contributed by atoms with van der Waals surface area (Å²) in [7, 11) is -3.09. The second kappa shape index (κ2) is 5.85. The smallest absolute Gasteiger partial charge is 0.334 e. The Balaban J connectivity index is 2.84. The van der Waals surface area contributed by atoms with E-state index in [1.54, 1.807) is 0 Å². The first kappa shape index (κ1) is 14.5. The first-order valence-electron chi connectivity index (χ1n) is 4.74. The van der Waals surface area contributed by atoms with Crippen LogP contribution in [-0.4, -0.2) is 44.2 Å². The average Bonchev–Trinajstić information content (AvgIpc) is 2.29. The molecule has 0 saturated heterocycles. The van der Waals surface area contributed by atoms with Gasteiger partial charge in [0.1, 0.15) is 0 Å². The van der Waals surface area contributed by atoms with Gasteiger partial charge in [-0.2, -0.15) is 0 Å². The molecule has 0 aliphatic heterocycles. The van der Waals surface area contributed by atoms with Crippen molar-refractivity contribution in [1.82, 2.24) is 9.71 Å². The number of carboxylic acid groups (broad SMARTS) is 1. The molecule has 7 nitrogen and oxygen atoms in total. The predicted molar refractivity (Wildman–Crippen MR) is 57.8 cm³/mol. The number of methoxy groups -OCH3 is 1. The van der Waals surface area contributed by atoms with Crippen molar-refractivity contribution in [3.8, 4) is 0 Å². The van der Waals surface area contributed by atoms with E-state index < -0.39 is 39.5 Å². The van der Waals surface area contributed by atoms with Gasteiger partial charge in [0.2, 0.25) is 5.03 Å². The fourth-order valence-electron chi connectivity index (χ4n) is 1.09. The van der Waals surface area contributed by atoms with E-state index >= 15 is 0 Å². The van der Waals surface area contributed by atoms with Crippen LogP contribution in [0.15, 0.2) is 23.4 Å². The molecule has 1 heterocycles. The zero-order valence-electron chi connectivity index (χ0n) is 9.33. The van der Waals surface area contributed by atoms with Gasteiger partial charge < -0.3 is 9.84 Å². The van der Waals surface area contributed by atoms with E-state index in [-0.39, 0.29) is 0 Å². The molecule has 0 saturated carbocycles. The number of pyridine rings is 1. The minimum Gasteiger partial charge on any atom is -0.479 e. The molecule has 1 atom stereocenters. The van der Waals surface area contributed by atoms with Crippen molar-refractivity contribution in [3.05, 3.63) is 24.1 Å². The van der Waals surface area contributed by atoms with Gasteiger partial charge in [-0.3, -0.25) is 0 Å². The molecule has 100 valence electrons. The van der Waals surface area contributed by atoms with Crippen LogP contribution in [0.2, 0.25) is 0 Å². The van der Waals surface area contributed by atoms with E-state index in [0.29, 0.717) is 0 Å². The summed E-state index contributed by atoms with van der Waals surface area (Å²) in [5, 5.41) is 7.86. The molecule has 2 N–H and O–H groups in total. The lowest BCUT2D eigenvalue weighted by Gasteiger charge is -2.11. The van der Waals surface area contributed by atoms with Gasteiger partial charge in [-0.25, -0.2) is 27.3 Å². The Morgan fingerprint density at radius 2 is 2.33 bits per heavy atom. The molecule has 1 unspecified atom stereocenters. The molecule has 0 bridgehead atoms. The summed E-state index contributed by atoms with van der Waals surface area (Å²) in [6.45, 7) is -0.524. The molecule has 1 rings (SSSR count). The summed E-state index contributed by atoms with van der Waals surface area (Å²) < 4.78 is 42.9. The standard InChI is InChI=1S/C9H11FN2O5S/c1-17-7(9(13)14)5-12-18(15,16)8-6(10)3-2-4-11-8/h2-4,7,12H,5H2,1H3,(H,13,14). The van der Waals surface area contributed by atoms with Gasteiger partial charge in [0.25, 0.3) is 10.0 Å². The fraction of sp³-hybridized carbons (Fsp3) is 0.333. The van der Waals surface area contributed by atoms with Crippen LogP contribution in [0.5, 0.6) is 0 Å². The fourth-order valence-corrected chi connectivity index (χ4v) is 2.13. The van der Waals surface area contributed by atoms with Crippen molar-refractivity contribution in [1.29, 1.82) is 0 Å². The molecule has 18 heavy (non-hydrogen) atoms. The number of nitrogens with one attached hydrogen (secondary N) is 1. The number of carboxylic acids is 1. The van der Waals surface area contributed by atoms with Crippen LogP contribution in [0.4, 0.5) is 4.39 Å². The van der Waals surface area contributed by atoms with Crippen LogP contribution in [0.25, 0.3) is 0 Å². The van der Waals surface area contributed by atoms with Crippen molar-refractivity contribution in [2.24, 2.45) is 0 Å². The number of hydrogen-bond donors (Lipinski definition) is 2. The summed E-state index contributed by atoms with van der Waals surface area (Å²) in [5.41, 5.74) is 0. The molecular formula is C9H11FN2O5S. The number of aliphatic carboxylic acids is 1.